The summed E-state index contributed by atoms with van der Waals surface area (Å²) in [6.07, 6.45) is 0. The molecule has 120 valence electrons. The Hall–Kier alpha value is -2.33. The van der Waals surface area contributed by atoms with Crippen molar-refractivity contribution in [3.63, 3.8) is 0 Å². The number of rotatable bonds is 2. The predicted molar refractivity (Wildman–Crippen MR) is 86.2 cm³/mol. The van der Waals surface area contributed by atoms with E-state index in [0.29, 0.717) is 11.3 Å². The molecule has 6 nitrogen and oxygen atoms in total. The van der Waals surface area contributed by atoms with E-state index in [9.17, 15) is 14.9 Å². The number of ether oxygens (including phenoxy) is 2. The van der Waals surface area contributed by atoms with Crippen molar-refractivity contribution in [3.8, 4) is 6.07 Å². The Morgan fingerprint density at radius 3 is 2.35 bits per heavy atom. The fraction of sp³-hybridized carbons (Fsp3) is 0.312. The number of hydrogen-bond donors (Lipinski definition) is 1. The van der Waals surface area contributed by atoms with Crippen LogP contribution in [0.25, 0.3) is 0 Å². The van der Waals surface area contributed by atoms with Gasteiger partial charge in [0.25, 0.3) is 5.79 Å². The number of carbonyl (C=O) groups is 2. The Bertz CT molecular complexity index is 753. The van der Waals surface area contributed by atoms with Crippen LogP contribution in [0.3, 0.4) is 0 Å². The van der Waals surface area contributed by atoms with Gasteiger partial charge in [0.15, 0.2) is 5.57 Å². The van der Waals surface area contributed by atoms with Crippen LogP contribution in [-0.2, 0) is 19.1 Å². The molecule has 0 radical (unpaired) electrons. The van der Waals surface area contributed by atoms with Crippen LogP contribution >= 0.6 is 15.9 Å². The van der Waals surface area contributed by atoms with Gasteiger partial charge in [0.1, 0.15) is 6.07 Å². The highest BCUT2D eigenvalue weighted by molar-refractivity contribution is 9.10. The lowest BCUT2D eigenvalue weighted by Gasteiger charge is -2.30. The van der Waals surface area contributed by atoms with Gasteiger partial charge in [-0.2, -0.15) is 5.26 Å². The van der Waals surface area contributed by atoms with Gasteiger partial charge in [-0.25, -0.2) is 9.59 Å². The van der Waals surface area contributed by atoms with Crippen LogP contribution in [-0.4, -0.2) is 17.7 Å². The number of allylic oxidation sites excluding steroid dienone is 1. The highest BCUT2D eigenvalue weighted by atomic mass is 79.9. The summed E-state index contributed by atoms with van der Waals surface area (Å²) in [5, 5.41) is 12.2. The van der Waals surface area contributed by atoms with Crippen molar-refractivity contribution >= 4 is 33.6 Å². The third kappa shape index (κ3) is 3.37. The first-order chi connectivity index (χ1) is 10.7. The van der Waals surface area contributed by atoms with Crippen molar-refractivity contribution in [2.24, 2.45) is 0 Å². The van der Waals surface area contributed by atoms with Crippen LogP contribution in [0.5, 0.6) is 0 Å². The largest absolute Gasteiger partial charge is 0.419 e. The van der Waals surface area contributed by atoms with Crippen molar-refractivity contribution in [1.29, 1.82) is 5.26 Å². The van der Waals surface area contributed by atoms with Gasteiger partial charge in [-0.15, -0.1) is 0 Å². The van der Waals surface area contributed by atoms with Gasteiger partial charge in [0.2, 0.25) is 0 Å². The molecule has 0 spiro atoms. The molecular formula is C16H15BrN2O4. The summed E-state index contributed by atoms with van der Waals surface area (Å²) < 4.78 is 10.9. The average molecular weight is 379 g/mol. The number of nitriles is 1. The van der Waals surface area contributed by atoms with Crippen molar-refractivity contribution < 1.29 is 19.1 Å². The maximum absolute atomic E-state index is 12.0. The van der Waals surface area contributed by atoms with Gasteiger partial charge >= 0.3 is 11.9 Å². The molecule has 0 aliphatic carbocycles. The zero-order valence-corrected chi connectivity index (χ0v) is 14.7. The van der Waals surface area contributed by atoms with E-state index in [-0.39, 0.29) is 11.3 Å². The Labute approximate surface area is 142 Å². The molecule has 0 aromatic heterocycles. The first-order valence-corrected chi connectivity index (χ1v) is 7.59. The summed E-state index contributed by atoms with van der Waals surface area (Å²) in [6, 6.07) is 5.56. The Kier molecular flexibility index (Phi) is 4.48. The van der Waals surface area contributed by atoms with Crippen molar-refractivity contribution in [2.75, 3.05) is 5.32 Å². The van der Waals surface area contributed by atoms with Crippen LogP contribution in [0.1, 0.15) is 31.9 Å². The SMILES string of the molecule is CC(Nc1ccc(Br)c(C)c1C#N)=C1C(=O)OC(C)(C)OC1=O. The number of nitrogens with one attached hydrogen (secondary N) is 1. The van der Waals surface area contributed by atoms with E-state index >= 15 is 0 Å². The summed E-state index contributed by atoms with van der Waals surface area (Å²) in [5.74, 6) is -2.81. The molecule has 1 aliphatic heterocycles. The van der Waals surface area contributed by atoms with Crippen LogP contribution in [0.2, 0.25) is 0 Å². The van der Waals surface area contributed by atoms with Crippen molar-refractivity contribution in [2.45, 2.75) is 33.5 Å². The Morgan fingerprint density at radius 1 is 1.26 bits per heavy atom. The summed E-state index contributed by atoms with van der Waals surface area (Å²) >= 11 is 3.36. The Morgan fingerprint density at radius 2 is 1.83 bits per heavy atom. The van der Waals surface area contributed by atoms with Gasteiger partial charge in [-0.1, -0.05) is 15.9 Å². The van der Waals surface area contributed by atoms with E-state index in [1.807, 2.05) is 0 Å². The standard InChI is InChI=1S/C16H15BrN2O4/c1-8-10(7-18)12(6-5-11(8)17)19-9(2)13-14(20)22-16(3,4)23-15(13)21/h5-6,19H,1-4H3. The van der Waals surface area contributed by atoms with Gasteiger partial charge in [0, 0.05) is 24.0 Å². The van der Waals surface area contributed by atoms with Crippen LogP contribution < -0.4 is 5.32 Å². The quantitative estimate of drug-likeness (QED) is 0.483. The molecular weight excluding hydrogens is 364 g/mol. The minimum absolute atomic E-state index is 0.214. The molecule has 1 aromatic rings. The molecule has 1 aliphatic rings. The Balaban J connectivity index is 2.41. The minimum atomic E-state index is -1.29. The molecule has 23 heavy (non-hydrogen) atoms. The van der Waals surface area contributed by atoms with E-state index in [2.05, 4.69) is 27.3 Å². The number of carbonyl (C=O) groups excluding carboxylic acids is 2. The van der Waals surface area contributed by atoms with Gasteiger partial charge < -0.3 is 14.8 Å². The molecule has 1 fully saturated rings. The third-order valence-electron chi connectivity index (χ3n) is 3.29. The number of halogens is 1. The first kappa shape index (κ1) is 17.0. The van der Waals surface area contributed by atoms with Crippen molar-refractivity contribution in [1.82, 2.24) is 0 Å². The topological polar surface area (TPSA) is 88.4 Å². The van der Waals surface area contributed by atoms with Crippen LogP contribution in [0.4, 0.5) is 5.69 Å². The highest BCUT2D eigenvalue weighted by Crippen LogP contribution is 2.29. The molecule has 0 bridgehead atoms. The minimum Gasteiger partial charge on any atom is -0.419 e. The second-order valence-electron chi connectivity index (χ2n) is 5.51. The smallest absolute Gasteiger partial charge is 0.350 e. The summed E-state index contributed by atoms with van der Waals surface area (Å²) in [4.78, 5) is 24.1. The van der Waals surface area contributed by atoms with E-state index in [1.165, 1.54) is 13.8 Å². The highest BCUT2D eigenvalue weighted by Gasteiger charge is 2.40. The summed E-state index contributed by atoms with van der Waals surface area (Å²) in [7, 11) is 0. The maximum Gasteiger partial charge on any atom is 0.350 e. The lowest BCUT2D eigenvalue weighted by Crippen LogP contribution is -2.42. The molecule has 0 atom stereocenters. The second-order valence-corrected chi connectivity index (χ2v) is 6.36. The third-order valence-corrected chi connectivity index (χ3v) is 4.15. The zero-order valence-electron chi connectivity index (χ0n) is 13.1. The molecule has 1 heterocycles. The molecule has 0 saturated carbocycles. The monoisotopic (exact) mass is 378 g/mol. The van der Waals surface area contributed by atoms with Crippen LogP contribution in [0, 0.1) is 18.3 Å². The molecule has 0 amide bonds. The van der Waals surface area contributed by atoms with Gasteiger partial charge in [-0.3, -0.25) is 0 Å². The zero-order chi connectivity index (χ0) is 17.4. The molecule has 7 heteroatoms. The summed E-state index contributed by atoms with van der Waals surface area (Å²) in [6.45, 7) is 6.30. The summed E-state index contributed by atoms with van der Waals surface area (Å²) in [5.41, 5.74) is 1.70. The van der Waals surface area contributed by atoms with Crippen LogP contribution in [0.15, 0.2) is 27.9 Å². The van der Waals surface area contributed by atoms with E-state index in [1.54, 1.807) is 26.0 Å². The number of hydrogen-bond acceptors (Lipinski definition) is 6. The number of nitrogens with zero attached hydrogens (tertiary/aromatic N) is 1. The molecule has 2 rings (SSSR count). The fourth-order valence-electron chi connectivity index (χ4n) is 2.16. The first-order valence-electron chi connectivity index (χ1n) is 6.80. The average Bonchev–Trinajstić information content (AvgIpc) is 2.41. The van der Waals surface area contributed by atoms with E-state index < -0.39 is 17.7 Å². The predicted octanol–water partition coefficient (Wildman–Crippen LogP) is 3.15. The lowest BCUT2D eigenvalue weighted by atomic mass is 10.1. The second kappa shape index (κ2) is 6.05. The normalized spacial score (nSPS) is 16.3. The number of benzene rings is 1. The van der Waals surface area contributed by atoms with E-state index in [4.69, 9.17) is 9.47 Å². The molecule has 0 unspecified atom stereocenters. The van der Waals surface area contributed by atoms with Gasteiger partial charge in [-0.05, 0) is 31.5 Å². The van der Waals surface area contributed by atoms with Gasteiger partial charge in [0.05, 0.1) is 11.3 Å². The fourth-order valence-corrected chi connectivity index (χ4v) is 2.49. The molecule has 1 aromatic carbocycles. The maximum atomic E-state index is 12.0. The van der Waals surface area contributed by atoms with Crippen molar-refractivity contribution in [3.05, 3.63) is 39.0 Å². The number of esters is 2. The number of cyclic esters (lactones) is 2. The lowest BCUT2D eigenvalue weighted by molar-refractivity contribution is -0.222. The molecule has 1 N–H and O–H groups in total. The number of anilines is 1. The molecule has 1 saturated heterocycles. The van der Waals surface area contributed by atoms with E-state index in [0.717, 1.165) is 10.0 Å².